The van der Waals surface area contributed by atoms with E-state index < -0.39 is 0 Å². The molecule has 0 aromatic carbocycles. The molecule has 58 valence electrons. The molecule has 0 fully saturated rings. The van der Waals surface area contributed by atoms with E-state index in [2.05, 4.69) is 5.32 Å². The second-order valence-electron chi connectivity index (χ2n) is 2.68. The van der Waals surface area contributed by atoms with E-state index in [1.807, 2.05) is 13.8 Å². The summed E-state index contributed by atoms with van der Waals surface area (Å²) in [5, 5.41) is 9.70. The van der Waals surface area contributed by atoms with Gasteiger partial charge in [-0.2, -0.15) is 0 Å². The van der Waals surface area contributed by atoms with E-state index in [4.69, 9.17) is 5.41 Å². The zero-order valence-corrected chi connectivity index (χ0v) is 6.69. The molecule has 0 aromatic heterocycles. The van der Waals surface area contributed by atoms with Gasteiger partial charge in [0.1, 0.15) is 0 Å². The fourth-order valence-corrected chi connectivity index (χ4v) is 0.614. The molecule has 2 N–H and O–H groups in total. The lowest BCUT2D eigenvalue weighted by molar-refractivity contribution is -0.120. The van der Waals surface area contributed by atoms with Gasteiger partial charge in [0.15, 0.2) is 0 Å². The van der Waals surface area contributed by atoms with Crippen LogP contribution < -0.4 is 5.32 Å². The van der Waals surface area contributed by atoms with Crippen LogP contribution in [0.2, 0.25) is 0 Å². The van der Waals surface area contributed by atoms with Crippen molar-refractivity contribution in [1.82, 2.24) is 5.32 Å². The molecule has 0 rings (SSSR count). The normalized spacial score (nSPS) is 9.60. The standard InChI is InChI=1S/C7H14N2O/c1-5(2)9-7(10)4-6(3)8/h5,8H,4H2,1-3H3,(H,9,10). The fourth-order valence-electron chi connectivity index (χ4n) is 0.614. The largest absolute Gasteiger partial charge is 0.354 e. The van der Waals surface area contributed by atoms with E-state index >= 15 is 0 Å². The van der Waals surface area contributed by atoms with Crippen molar-refractivity contribution in [2.75, 3.05) is 0 Å². The van der Waals surface area contributed by atoms with Crippen molar-refractivity contribution < 1.29 is 4.79 Å². The van der Waals surface area contributed by atoms with E-state index in [0.29, 0.717) is 5.71 Å². The van der Waals surface area contributed by atoms with Gasteiger partial charge in [0.25, 0.3) is 0 Å². The molecular weight excluding hydrogens is 128 g/mol. The minimum Gasteiger partial charge on any atom is -0.354 e. The van der Waals surface area contributed by atoms with Gasteiger partial charge in [-0.25, -0.2) is 0 Å². The Bertz CT molecular complexity index is 141. The van der Waals surface area contributed by atoms with Crippen LogP contribution in [0.3, 0.4) is 0 Å². The van der Waals surface area contributed by atoms with Gasteiger partial charge in [0.2, 0.25) is 5.91 Å². The van der Waals surface area contributed by atoms with Crippen LogP contribution in [0.1, 0.15) is 27.2 Å². The molecule has 0 saturated heterocycles. The molecule has 0 atom stereocenters. The van der Waals surface area contributed by atoms with Crippen molar-refractivity contribution >= 4 is 11.6 Å². The van der Waals surface area contributed by atoms with E-state index in [-0.39, 0.29) is 18.4 Å². The lowest BCUT2D eigenvalue weighted by Crippen LogP contribution is -2.31. The minimum absolute atomic E-state index is 0.0671. The summed E-state index contributed by atoms with van der Waals surface area (Å²) in [6, 6.07) is 0.173. The van der Waals surface area contributed by atoms with Gasteiger partial charge in [0.05, 0.1) is 6.42 Å². The summed E-state index contributed by atoms with van der Waals surface area (Å²) in [5.74, 6) is -0.0671. The van der Waals surface area contributed by atoms with Crippen molar-refractivity contribution in [2.45, 2.75) is 33.2 Å². The first-order chi connectivity index (χ1) is 4.52. The SMILES string of the molecule is CC(=N)CC(=O)NC(C)C. The molecular formula is C7H14N2O. The molecule has 0 aliphatic heterocycles. The highest BCUT2D eigenvalue weighted by Gasteiger charge is 2.02. The Hall–Kier alpha value is -0.860. The van der Waals surface area contributed by atoms with Gasteiger partial charge in [-0.15, -0.1) is 0 Å². The van der Waals surface area contributed by atoms with Crippen molar-refractivity contribution in [3.05, 3.63) is 0 Å². The summed E-state index contributed by atoms with van der Waals surface area (Å²) in [6.07, 6.45) is 0.220. The third-order valence-electron chi connectivity index (χ3n) is 0.875. The average Bonchev–Trinajstić information content (AvgIpc) is 1.58. The predicted molar refractivity (Wildman–Crippen MR) is 41.3 cm³/mol. The molecule has 0 aliphatic carbocycles. The molecule has 0 saturated carbocycles. The maximum Gasteiger partial charge on any atom is 0.225 e. The number of amides is 1. The van der Waals surface area contributed by atoms with E-state index in [1.54, 1.807) is 6.92 Å². The number of hydrogen-bond donors (Lipinski definition) is 2. The van der Waals surface area contributed by atoms with Crippen LogP contribution in [0.5, 0.6) is 0 Å². The second-order valence-corrected chi connectivity index (χ2v) is 2.68. The molecule has 0 aromatic rings. The molecule has 0 unspecified atom stereocenters. The van der Waals surface area contributed by atoms with Crippen molar-refractivity contribution in [2.24, 2.45) is 0 Å². The summed E-state index contributed by atoms with van der Waals surface area (Å²) >= 11 is 0. The molecule has 0 bridgehead atoms. The summed E-state index contributed by atoms with van der Waals surface area (Å²) in [6.45, 7) is 5.42. The minimum atomic E-state index is -0.0671. The Morgan fingerprint density at radius 1 is 1.60 bits per heavy atom. The summed E-state index contributed by atoms with van der Waals surface area (Å²) in [5.41, 5.74) is 0.401. The number of carbonyl (C=O) groups excluding carboxylic acids is 1. The molecule has 10 heavy (non-hydrogen) atoms. The predicted octanol–water partition coefficient (Wildman–Crippen LogP) is 0.941. The molecule has 3 heteroatoms. The Balaban J connectivity index is 3.54. The van der Waals surface area contributed by atoms with Crippen LogP contribution in [0, 0.1) is 5.41 Å². The summed E-state index contributed by atoms with van der Waals surface area (Å²) < 4.78 is 0. The molecule has 0 heterocycles. The topological polar surface area (TPSA) is 53.0 Å². The van der Waals surface area contributed by atoms with Gasteiger partial charge in [-0.3, -0.25) is 4.79 Å². The lowest BCUT2D eigenvalue weighted by atomic mass is 10.2. The highest BCUT2D eigenvalue weighted by Crippen LogP contribution is 1.84. The first-order valence-corrected chi connectivity index (χ1v) is 3.35. The van der Waals surface area contributed by atoms with E-state index in [9.17, 15) is 4.79 Å². The first-order valence-electron chi connectivity index (χ1n) is 3.35. The highest BCUT2D eigenvalue weighted by atomic mass is 16.1. The van der Waals surface area contributed by atoms with E-state index in [1.165, 1.54) is 0 Å². The number of hydrogen-bond acceptors (Lipinski definition) is 2. The first kappa shape index (κ1) is 9.14. The van der Waals surface area contributed by atoms with Crippen molar-refractivity contribution in [1.29, 1.82) is 5.41 Å². The Labute approximate surface area is 61.3 Å². The zero-order valence-electron chi connectivity index (χ0n) is 6.69. The van der Waals surface area contributed by atoms with Crippen LogP contribution in [0.15, 0.2) is 0 Å². The van der Waals surface area contributed by atoms with Gasteiger partial charge in [-0.1, -0.05) is 0 Å². The van der Waals surface area contributed by atoms with Crippen molar-refractivity contribution in [3.63, 3.8) is 0 Å². The second kappa shape index (κ2) is 4.04. The fraction of sp³-hybridized carbons (Fsp3) is 0.714. The molecule has 1 amide bonds. The van der Waals surface area contributed by atoms with Crippen LogP contribution in [-0.2, 0) is 4.79 Å². The molecule has 3 nitrogen and oxygen atoms in total. The van der Waals surface area contributed by atoms with E-state index in [0.717, 1.165) is 0 Å². The highest BCUT2D eigenvalue weighted by molar-refractivity contribution is 5.98. The van der Waals surface area contributed by atoms with Gasteiger partial charge in [-0.05, 0) is 20.8 Å². The van der Waals surface area contributed by atoms with Crippen LogP contribution in [-0.4, -0.2) is 17.7 Å². The third kappa shape index (κ3) is 5.28. The third-order valence-corrected chi connectivity index (χ3v) is 0.875. The molecule has 0 aliphatic rings. The Morgan fingerprint density at radius 3 is 2.40 bits per heavy atom. The van der Waals surface area contributed by atoms with Crippen molar-refractivity contribution in [3.8, 4) is 0 Å². The van der Waals surface area contributed by atoms with Crippen LogP contribution >= 0.6 is 0 Å². The number of rotatable bonds is 3. The Morgan fingerprint density at radius 2 is 2.10 bits per heavy atom. The summed E-state index contributed by atoms with van der Waals surface area (Å²) in [4.78, 5) is 10.8. The van der Waals surface area contributed by atoms with Gasteiger partial charge < -0.3 is 10.7 Å². The molecule has 0 spiro atoms. The Kier molecular flexibility index (Phi) is 3.69. The van der Waals surface area contributed by atoms with Crippen LogP contribution in [0.25, 0.3) is 0 Å². The quantitative estimate of drug-likeness (QED) is 0.566. The smallest absolute Gasteiger partial charge is 0.225 e. The number of nitrogens with one attached hydrogen (secondary N) is 2. The number of carbonyl (C=O) groups is 1. The van der Waals surface area contributed by atoms with Gasteiger partial charge >= 0.3 is 0 Å². The average molecular weight is 142 g/mol. The van der Waals surface area contributed by atoms with Gasteiger partial charge in [0, 0.05) is 11.8 Å². The van der Waals surface area contributed by atoms with Crippen LogP contribution in [0.4, 0.5) is 0 Å². The monoisotopic (exact) mass is 142 g/mol. The summed E-state index contributed by atoms with van der Waals surface area (Å²) in [7, 11) is 0. The molecule has 0 radical (unpaired) electrons. The zero-order chi connectivity index (χ0) is 8.15. The maximum atomic E-state index is 10.8. The maximum absolute atomic E-state index is 10.8. The lowest BCUT2D eigenvalue weighted by Gasteiger charge is -2.06.